The maximum absolute atomic E-state index is 11.2. The number of nitrogens with zero attached hydrogens (tertiary/aromatic N) is 1. The Morgan fingerprint density at radius 2 is 2.08 bits per heavy atom. The largest absolute Gasteiger partial charge is 0.326 e. The summed E-state index contributed by atoms with van der Waals surface area (Å²) in [4.78, 5) is 30.5. The van der Waals surface area contributed by atoms with Gasteiger partial charge in [-0.25, -0.2) is 9.78 Å². The van der Waals surface area contributed by atoms with E-state index in [0.717, 1.165) is 0 Å². The smallest absolute Gasteiger partial charge is 0.307 e. The predicted octanol–water partition coefficient (Wildman–Crippen LogP) is 0.374. The van der Waals surface area contributed by atoms with Crippen molar-refractivity contribution in [2.45, 2.75) is 0 Å². The van der Waals surface area contributed by atoms with Crippen LogP contribution in [-0.2, 0) is 0 Å². The topological polar surface area (TPSA) is 78.6 Å². The minimum atomic E-state index is -0.518. The van der Waals surface area contributed by atoms with Crippen LogP contribution >= 0.6 is 15.9 Å². The Labute approximate surface area is 80.0 Å². The molecule has 0 saturated carbocycles. The lowest BCUT2D eigenvalue weighted by molar-refractivity contribution is 1.07. The third-order valence-electron chi connectivity index (χ3n) is 1.59. The highest BCUT2D eigenvalue weighted by atomic mass is 79.9. The fourth-order valence-corrected chi connectivity index (χ4v) is 1.37. The molecule has 0 aliphatic rings. The third-order valence-corrected chi connectivity index (χ3v) is 2.02. The normalized spacial score (nSPS) is 10.5. The van der Waals surface area contributed by atoms with E-state index in [9.17, 15) is 9.59 Å². The van der Waals surface area contributed by atoms with E-state index in [2.05, 4.69) is 30.9 Å². The predicted molar refractivity (Wildman–Crippen MR) is 50.7 cm³/mol. The fraction of sp³-hybridized carbons (Fsp3) is 0. The first-order valence-corrected chi connectivity index (χ1v) is 4.24. The zero-order valence-corrected chi connectivity index (χ0v) is 7.88. The minimum Gasteiger partial charge on any atom is -0.307 e. The van der Waals surface area contributed by atoms with Crippen LogP contribution in [0.1, 0.15) is 0 Å². The second-order valence-electron chi connectivity index (χ2n) is 2.46. The van der Waals surface area contributed by atoms with E-state index >= 15 is 0 Å². The lowest BCUT2D eigenvalue weighted by Gasteiger charge is -1.94. The minimum absolute atomic E-state index is 0.364. The van der Waals surface area contributed by atoms with Gasteiger partial charge in [0.15, 0.2) is 0 Å². The fourth-order valence-electron chi connectivity index (χ4n) is 1.04. The van der Waals surface area contributed by atoms with Crippen LogP contribution in [0.25, 0.3) is 10.9 Å². The van der Waals surface area contributed by atoms with Gasteiger partial charge in [-0.05, 0) is 22.0 Å². The van der Waals surface area contributed by atoms with Crippen LogP contribution in [0, 0.1) is 0 Å². The second-order valence-corrected chi connectivity index (χ2v) is 3.27. The number of rotatable bonds is 0. The number of H-pyrrole nitrogens is 2. The van der Waals surface area contributed by atoms with Crippen LogP contribution < -0.4 is 11.2 Å². The Morgan fingerprint density at radius 1 is 1.31 bits per heavy atom. The summed E-state index contributed by atoms with van der Waals surface area (Å²) in [5.74, 6) is 0. The summed E-state index contributed by atoms with van der Waals surface area (Å²) in [6.07, 6.45) is 1.40. The van der Waals surface area contributed by atoms with Gasteiger partial charge in [0.25, 0.3) is 5.56 Å². The molecule has 6 heteroatoms. The van der Waals surface area contributed by atoms with E-state index < -0.39 is 11.2 Å². The van der Waals surface area contributed by atoms with Crippen molar-refractivity contribution in [3.63, 3.8) is 0 Å². The molecule has 0 unspecified atom stereocenters. The van der Waals surface area contributed by atoms with Gasteiger partial charge in [0.1, 0.15) is 4.60 Å². The molecule has 0 fully saturated rings. The maximum atomic E-state index is 11.2. The maximum Gasteiger partial charge on any atom is 0.326 e. The summed E-state index contributed by atoms with van der Waals surface area (Å²) < 4.78 is 0.571. The lowest BCUT2D eigenvalue weighted by atomic mass is 10.3. The average molecular weight is 242 g/mol. The lowest BCUT2D eigenvalue weighted by Crippen LogP contribution is -2.21. The van der Waals surface area contributed by atoms with E-state index in [1.165, 1.54) is 6.20 Å². The molecule has 5 nitrogen and oxygen atoms in total. The highest BCUT2D eigenvalue weighted by Gasteiger charge is 2.00. The Morgan fingerprint density at radius 3 is 2.85 bits per heavy atom. The van der Waals surface area contributed by atoms with Gasteiger partial charge in [0.05, 0.1) is 10.9 Å². The number of aromatic amines is 2. The van der Waals surface area contributed by atoms with Crippen LogP contribution in [-0.4, -0.2) is 15.0 Å². The summed E-state index contributed by atoms with van der Waals surface area (Å²) in [6, 6.07) is 1.58. The molecule has 0 spiro atoms. The number of nitrogens with one attached hydrogen (secondary N) is 2. The highest BCUT2D eigenvalue weighted by molar-refractivity contribution is 9.10. The summed E-state index contributed by atoms with van der Waals surface area (Å²) in [5.41, 5.74) is -0.482. The molecule has 2 aromatic heterocycles. The zero-order valence-electron chi connectivity index (χ0n) is 6.30. The molecule has 0 aliphatic carbocycles. The van der Waals surface area contributed by atoms with Crippen LogP contribution in [0.2, 0.25) is 0 Å². The Balaban J connectivity index is 3.03. The van der Waals surface area contributed by atoms with Crippen LogP contribution in [0.5, 0.6) is 0 Å². The monoisotopic (exact) mass is 241 g/mol. The molecule has 0 saturated heterocycles. The van der Waals surface area contributed by atoms with Crippen LogP contribution in [0.4, 0.5) is 0 Å². The molecule has 2 aromatic rings. The van der Waals surface area contributed by atoms with Crippen molar-refractivity contribution < 1.29 is 0 Å². The molecule has 0 bridgehead atoms. The molecule has 2 N–H and O–H groups in total. The highest BCUT2D eigenvalue weighted by Crippen LogP contribution is 2.09. The molecule has 2 heterocycles. The van der Waals surface area contributed by atoms with Crippen LogP contribution in [0.3, 0.4) is 0 Å². The Hall–Kier alpha value is -1.43. The van der Waals surface area contributed by atoms with Crippen molar-refractivity contribution >= 4 is 26.8 Å². The van der Waals surface area contributed by atoms with Gasteiger partial charge in [-0.2, -0.15) is 0 Å². The van der Waals surface area contributed by atoms with Gasteiger partial charge in [0, 0.05) is 6.20 Å². The van der Waals surface area contributed by atoms with E-state index in [1.807, 2.05) is 0 Å². The Kier molecular flexibility index (Phi) is 1.77. The first-order chi connectivity index (χ1) is 6.16. The van der Waals surface area contributed by atoms with Crippen molar-refractivity contribution in [1.82, 2.24) is 15.0 Å². The third kappa shape index (κ3) is 1.40. The molecule has 66 valence electrons. The Bertz CT molecular complexity index is 572. The number of aromatic nitrogens is 3. The van der Waals surface area contributed by atoms with E-state index in [1.54, 1.807) is 6.07 Å². The molecule has 0 radical (unpaired) electrons. The number of halogens is 1. The number of fused-ring (bicyclic) bond motifs is 1. The summed E-state index contributed by atoms with van der Waals surface area (Å²) in [7, 11) is 0. The first-order valence-electron chi connectivity index (χ1n) is 3.45. The quantitative estimate of drug-likeness (QED) is 0.655. The van der Waals surface area contributed by atoms with Crippen molar-refractivity contribution in [2.75, 3.05) is 0 Å². The molecule has 2 rings (SSSR count). The van der Waals surface area contributed by atoms with E-state index in [-0.39, 0.29) is 0 Å². The molecule has 0 aliphatic heterocycles. The zero-order chi connectivity index (χ0) is 9.42. The molecular formula is C7H4BrN3O2. The van der Waals surface area contributed by atoms with Crippen molar-refractivity contribution in [3.05, 3.63) is 37.7 Å². The number of pyridine rings is 1. The number of hydrogen-bond acceptors (Lipinski definition) is 3. The summed E-state index contributed by atoms with van der Waals surface area (Å²) in [6.45, 7) is 0. The summed E-state index contributed by atoms with van der Waals surface area (Å²) >= 11 is 3.14. The molecule has 0 aromatic carbocycles. The SMILES string of the molecule is O=c1[nH]c(=O)c2cnc(Br)cc2[nH]1. The van der Waals surface area contributed by atoms with Gasteiger partial charge in [-0.15, -0.1) is 0 Å². The van der Waals surface area contributed by atoms with Gasteiger partial charge in [-0.3, -0.25) is 9.78 Å². The molecule has 0 amide bonds. The average Bonchev–Trinajstić information content (AvgIpc) is 2.02. The van der Waals surface area contributed by atoms with Gasteiger partial charge in [0.2, 0.25) is 0 Å². The first kappa shape index (κ1) is 8.18. The number of hydrogen-bond donors (Lipinski definition) is 2. The summed E-state index contributed by atoms with van der Waals surface area (Å²) in [5, 5.41) is 0.364. The second kappa shape index (κ2) is 2.81. The van der Waals surface area contributed by atoms with E-state index in [0.29, 0.717) is 15.5 Å². The molecular weight excluding hydrogens is 238 g/mol. The standard InChI is InChI=1S/C7H4BrN3O2/c8-5-1-4-3(2-9-5)6(12)11-7(13)10-4/h1-2H,(H2,10,11,12,13). The van der Waals surface area contributed by atoms with Gasteiger partial charge < -0.3 is 4.98 Å². The van der Waals surface area contributed by atoms with Crippen molar-refractivity contribution in [3.8, 4) is 0 Å². The van der Waals surface area contributed by atoms with Crippen molar-refractivity contribution in [1.29, 1.82) is 0 Å². The van der Waals surface area contributed by atoms with Crippen LogP contribution in [0.15, 0.2) is 26.5 Å². The van der Waals surface area contributed by atoms with Gasteiger partial charge in [-0.1, -0.05) is 0 Å². The van der Waals surface area contributed by atoms with Crippen molar-refractivity contribution in [2.24, 2.45) is 0 Å². The molecule has 13 heavy (non-hydrogen) atoms. The van der Waals surface area contributed by atoms with E-state index in [4.69, 9.17) is 0 Å². The molecule has 0 atom stereocenters. The van der Waals surface area contributed by atoms with Gasteiger partial charge >= 0.3 is 5.69 Å².